The highest BCUT2D eigenvalue weighted by Gasteiger charge is 2.37. The van der Waals surface area contributed by atoms with Crippen LogP contribution < -0.4 is 11.3 Å². The lowest BCUT2D eigenvalue weighted by Gasteiger charge is -2.36. The van der Waals surface area contributed by atoms with E-state index in [2.05, 4.69) is 5.43 Å². The van der Waals surface area contributed by atoms with Crippen molar-refractivity contribution in [3.05, 3.63) is 35.1 Å². The van der Waals surface area contributed by atoms with Crippen molar-refractivity contribution >= 4 is 0 Å². The molecule has 21 heavy (non-hydrogen) atoms. The third kappa shape index (κ3) is 4.15. The third-order valence-electron chi connectivity index (χ3n) is 3.24. The summed E-state index contributed by atoms with van der Waals surface area (Å²) in [5.41, 5.74) is 0.983. The monoisotopic (exact) mass is 308 g/mol. The van der Waals surface area contributed by atoms with Gasteiger partial charge < -0.3 is 4.74 Å². The first-order chi connectivity index (χ1) is 9.52. The largest absolute Gasteiger partial charge is 0.419 e. The molecular formula is C14H20F4N2O. The summed E-state index contributed by atoms with van der Waals surface area (Å²) in [6.45, 7) is 5.62. The van der Waals surface area contributed by atoms with Gasteiger partial charge in [0.2, 0.25) is 0 Å². The number of hydrazine groups is 1. The third-order valence-corrected chi connectivity index (χ3v) is 3.24. The zero-order valence-corrected chi connectivity index (χ0v) is 12.4. The first kappa shape index (κ1) is 17.9. The average Bonchev–Trinajstić information content (AvgIpc) is 2.33. The minimum absolute atomic E-state index is 0.216. The van der Waals surface area contributed by atoms with E-state index in [1.165, 1.54) is 13.2 Å². The number of nitrogens with one attached hydrogen (secondary N) is 1. The number of hydrogen-bond acceptors (Lipinski definition) is 3. The normalized spacial score (nSPS) is 15.9. The predicted octanol–water partition coefficient (Wildman–Crippen LogP) is 3.41. The number of hydrogen-bond donors (Lipinski definition) is 2. The van der Waals surface area contributed by atoms with E-state index >= 15 is 0 Å². The SMILES string of the molecule is COC(C(NN)c1ccc(F)c(C(F)(F)F)c1)C(C)(C)C. The van der Waals surface area contributed by atoms with Crippen molar-refractivity contribution in [2.24, 2.45) is 11.3 Å². The zero-order valence-electron chi connectivity index (χ0n) is 12.4. The van der Waals surface area contributed by atoms with Crippen LogP contribution in [0, 0.1) is 11.2 Å². The fourth-order valence-electron chi connectivity index (χ4n) is 2.30. The van der Waals surface area contributed by atoms with Crippen molar-refractivity contribution in [2.75, 3.05) is 7.11 Å². The molecule has 0 aliphatic rings. The van der Waals surface area contributed by atoms with E-state index in [4.69, 9.17) is 10.6 Å². The first-order valence-corrected chi connectivity index (χ1v) is 6.38. The van der Waals surface area contributed by atoms with Gasteiger partial charge in [0.05, 0.1) is 17.7 Å². The fraction of sp³-hybridized carbons (Fsp3) is 0.571. The molecule has 3 nitrogen and oxygen atoms in total. The number of rotatable bonds is 4. The molecule has 0 saturated heterocycles. The van der Waals surface area contributed by atoms with E-state index < -0.39 is 29.7 Å². The second-order valence-electron chi connectivity index (χ2n) is 5.90. The van der Waals surface area contributed by atoms with Gasteiger partial charge in [-0.15, -0.1) is 0 Å². The quantitative estimate of drug-likeness (QED) is 0.509. The lowest BCUT2D eigenvalue weighted by atomic mass is 9.82. The molecule has 0 aliphatic heterocycles. The highest BCUT2D eigenvalue weighted by atomic mass is 19.4. The molecule has 3 N–H and O–H groups in total. The van der Waals surface area contributed by atoms with E-state index in [0.29, 0.717) is 0 Å². The Morgan fingerprint density at radius 1 is 1.19 bits per heavy atom. The van der Waals surface area contributed by atoms with Gasteiger partial charge in [0.1, 0.15) is 5.82 Å². The lowest BCUT2D eigenvalue weighted by molar-refractivity contribution is -0.140. The molecule has 0 amide bonds. The van der Waals surface area contributed by atoms with Crippen LogP contribution in [0.15, 0.2) is 18.2 Å². The van der Waals surface area contributed by atoms with E-state index in [-0.39, 0.29) is 11.0 Å². The van der Waals surface area contributed by atoms with Gasteiger partial charge in [-0.25, -0.2) is 4.39 Å². The molecule has 1 aromatic rings. The van der Waals surface area contributed by atoms with Crippen molar-refractivity contribution in [2.45, 2.75) is 39.1 Å². The number of benzene rings is 1. The number of methoxy groups -OCH3 is 1. The van der Waals surface area contributed by atoms with Crippen LogP contribution in [0.1, 0.15) is 37.9 Å². The Morgan fingerprint density at radius 2 is 1.76 bits per heavy atom. The van der Waals surface area contributed by atoms with Gasteiger partial charge in [-0.05, 0) is 23.1 Å². The van der Waals surface area contributed by atoms with E-state index in [1.807, 2.05) is 20.8 Å². The van der Waals surface area contributed by atoms with Crippen LogP contribution in [0.5, 0.6) is 0 Å². The Labute approximate surface area is 121 Å². The van der Waals surface area contributed by atoms with Crippen molar-refractivity contribution in [3.8, 4) is 0 Å². The Bertz CT molecular complexity index is 483. The van der Waals surface area contributed by atoms with Crippen LogP contribution in [0.3, 0.4) is 0 Å². The molecule has 0 radical (unpaired) electrons. The maximum Gasteiger partial charge on any atom is 0.419 e. The van der Waals surface area contributed by atoms with Gasteiger partial charge in [0, 0.05) is 7.11 Å². The molecule has 2 atom stereocenters. The highest BCUT2D eigenvalue weighted by molar-refractivity contribution is 5.30. The van der Waals surface area contributed by atoms with Crippen LogP contribution >= 0.6 is 0 Å². The summed E-state index contributed by atoms with van der Waals surface area (Å²) in [5, 5.41) is 0. The summed E-state index contributed by atoms with van der Waals surface area (Å²) in [7, 11) is 1.45. The minimum Gasteiger partial charge on any atom is -0.379 e. The molecule has 7 heteroatoms. The average molecular weight is 308 g/mol. The van der Waals surface area contributed by atoms with Crippen LogP contribution in [-0.2, 0) is 10.9 Å². The van der Waals surface area contributed by atoms with Gasteiger partial charge in [-0.1, -0.05) is 26.8 Å². The maximum atomic E-state index is 13.3. The Hall–Kier alpha value is -1.18. The van der Waals surface area contributed by atoms with Crippen molar-refractivity contribution < 1.29 is 22.3 Å². The van der Waals surface area contributed by atoms with Gasteiger partial charge >= 0.3 is 6.18 Å². The molecule has 0 bridgehead atoms. The molecule has 120 valence electrons. The molecule has 0 fully saturated rings. The Balaban J connectivity index is 3.30. The van der Waals surface area contributed by atoms with Gasteiger partial charge in [-0.2, -0.15) is 13.2 Å². The summed E-state index contributed by atoms with van der Waals surface area (Å²) < 4.78 is 57.1. The summed E-state index contributed by atoms with van der Waals surface area (Å²) in [5.74, 6) is 4.16. The van der Waals surface area contributed by atoms with Crippen LogP contribution in [-0.4, -0.2) is 13.2 Å². The zero-order chi connectivity index (χ0) is 16.4. The predicted molar refractivity (Wildman–Crippen MR) is 71.7 cm³/mol. The summed E-state index contributed by atoms with van der Waals surface area (Å²) in [6, 6.07) is 2.12. The van der Waals surface area contributed by atoms with Crippen LogP contribution in [0.2, 0.25) is 0 Å². The number of ether oxygens (including phenoxy) is 1. The first-order valence-electron chi connectivity index (χ1n) is 6.38. The van der Waals surface area contributed by atoms with E-state index in [1.54, 1.807) is 0 Å². The summed E-state index contributed by atoms with van der Waals surface area (Å²) >= 11 is 0. The van der Waals surface area contributed by atoms with Gasteiger partial charge in [0.15, 0.2) is 0 Å². The molecule has 0 aliphatic carbocycles. The maximum absolute atomic E-state index is 13.3. The molecule has 0 spiro atoms. The molecule has 0 aromatic heterocycles. The number of halogens is 4. The van der Waals surface area contributed by atoms with Crippen LogP contribution in [0.4, 0.5) is 17.6 Å². The molecular weight excluding hydrogens is 288 g/mol. The topological polar surface area (TPSA) is 47.3 Å². The second kappa shape index (κ2) is 6.29. The summed E-state index contributed by atoms with van der Waals surface area (Å²) in [6.07, 6.45) is -5.25. The van der Waals surface area contributed by atoms with Crippen LogP contribution in [0.25, 0.3) is 0 Å². The van der Waals surface area contributed by atoms with Crippen molar-refractivity contribution in [1.82, 2.24) is 5.43 Å². The molecule has 1 rings (SSSR count). The van der Waals surface area contributed by atoms with Gasteiger partial charge in [0.25, 0.3) is 0 Å². The minimum atomic E-state index is -4.76. The van der Waals surface area contributed by atoms with Crippen molar-refractivity contribution in [1.29, 1.82) is 0 Å². The highest BCUT2D eigenvalue weighted by Crippen LogP contribution is 2.36. The Kier molecular flexibility index (Phi) is 5.35. The van der Waals surface area contributed by atoms with Gasteiger partial charge in [-0.3, -0.25) is 11.3 Å². The molecule has 0 heterocycles. The number of nitrogens with two attached hydrogens (primary N) is 1. The molecule has 1 aromatic carbocycles. The standard InChI is InChI=1S/C14H20F4N2O/c1-13(2,3)12(21-4)11(20-19)8-5-6-10(15)9(7-8)14(16,17)18/h5-7,11-12,20H,19H2,1-4H3. The van der Waals surface area contributed by atoms with E-state index in [0.717, 1.165) is 12.1 Å². The van der Waals surface area contributed by atoms with Crippen molar-refractivity contribution in [3.63, 3.8) is 0 Å². The number of alkyl halides is 3. The molecule has 2 unspecified atom stereocenters. The summed E-state index contributed by atoms with van der Waals surface area (Å²) in [4.78, 5) is 0. The smallest absolute Gasteiger partial charge is 0.379 e. The Morgan fingerprint density at radius 3 is 2.14 bits per heavy atom. The fourth-order valence-corrected chi connectivity index (χ4v) is 2.30. The second-order valence-corrected chi connectivity index (χ2v) is 5.90. The molecule has 0 saturated carbocycles. The van der Waals surface area contributed by atoms with E-state index in [9.17, 15) is 17.6 Å². The lowest BCUT2D eigenvalue weighted by Crippen LogP contribution is -2.44.